The Labute approximate surface area is 127 Å². The van der Waals surface area contributed by atoms with Gasteiger partial charge < -0.3 is 10.5 Å². The Morgan fingerprint density at radius 1 is 1.38 bits per heavy atom. The lowest BCUT2D eigenvalue weighted by Gasteiger charge is -2.32. The maximum Gasteiger partial charge on any atom is 0.245 e. The highest BCUT2D eigenvalue weighted by Gasteiger charge is 2.33. The highest BCUT2D eigenvalue weighted by Crippen LogP contribution is 2.30. The topological polar surface area (TPSA) is 72.6 Å². The number of anilines is 1. The van der Waals surface area contributed by atoms with Gasteiger partial charge in [0.2, 0.25) is 10.0 Å². The third kappa shape index (κ3) is 3.22. The van der Waals surface area contributed by atoms with Crippen LogP contribution in [0.15, 0.2) is 17.0 Å². The molecule has 0 aliphatic carbocycles. The Hall–Kier alpha value is -1.11. The molecule has 6 heteroatoms. The highest BCUT2D eigenvalue weighted by atomic mass is 32.2. The van der Waals surface area contributed by atoms with Crippen LogP contribution in [0.25, 0.3) is 0 Å². The first-order chi connectivity index (χ1) is 9.87. The first kappa shape index (κ1) is 16.3. The minimum absolute atomic E-state index is 0.0233. The van der Waals surface area contributed by atoms with Gasteiger partial charge in [-0.2, -0.15) is 4.31 Å². The van der Waals surface area contributed by atoms with Gasteiger partial charge >= 0.3 is 0 Å². The summed E-state index contributed by atoms with van der Waals surface area (Å²) in [6.07, 6.45) is 1.70. The summed E-state index contributed by atoms with van der Waals surface area (Å²) in [6, 6.07) is 3.52. The van der Waals surface area contributed by atoms with Crippen molar-refractivity contribution in [2.24, 2.45) is 0 Å². The van der Waals surface area contributed by atoms with Crippen LogP contribution in [0.3, 0.4) is 0 Å². The number of ether oxygens (including phenoxy) is 1. The van der Waals surface area contributed by atoms with Crippen LogP contribution < -0.4 is 5.73 Å². The molecule has 118 valence electrons. The van der Waals surface area contributed by atoms with E-state index in [1.165, 1.54) is 4.31 Å². The molecule has 1 aromatic carbocycles. The molecule has 0 amide bonds. The average molecular weight is 312 g/mol. The smallest absolute Gasteiger partial charge is 0.245 e. The first-order valence-electron chi connectivity index (χ1n) is 7.35. The molecule has 1 atom stereocenters. The number of rotatable bonds is 4. The molecule has 1 unspecified atom stereocenters. The number of benzene rings is 1. The van der Waals surface area contributed by atoms with E-state index in [0.717, 1.165) is 24.0 Å². The van der Waals surface area contributed by atoms with Gasteiger partial charge in [0.05, 0.1) is 11.8 Å². The summed E-state index contributed by atoms with van der Waals surface area (Å²) in [7, 11) is -3.57. The molecule has 1 fully saturated rings. The van der Waals surface area contributed by atoms with Crippen LogP contribution in [0.4, 0.5) is 5.69 Å². The second-order valence-corrected chi connectivity index (χ2v) is 7.38. The van der Waals surface area contributed by atoms with Crippen LogP contribution in [0.1, 0.15) is 30.9 Å². The van der Waals surface area contributed by atoms with Crippen LogP contribution in [0.2, 0.25) is 0 Å². The summed E-state index contributed by atoms with van der Waals surface area (Å²) in [5, 5.41) is 0. The number of aryl methyl sites for hydroxylation is 1. The van der Waals surface area contributed by atoms with E-state index in [1.54, 1.807) is 6.07 Å². The molecule has 0 spiro atoms. The maximum absolute atomic E-state index is 12.9. The Morgan fingerprint density at radius 3 is 2.76 bits per heavy atom. The SMILES string of the molecule is CCOC1CCCN(S(=O)(=O)c2c(N)ccc(C)c2C)C1. The van der Waals surface area contributed by atoms with Crippen molar-refractivity contribution < 1.29 is 13.2 Å². The van der Waals surface area contributed by atoms with Gasteiger partial charge in [-0.15, -0.1) is 0 Å². The summed E-state index contributed by atoms with van der Waals surface area (Å²) in [4.78, 5) is 0.250. The number of nitrogen functional groups attached to an aromatic ring is 1. The monoisotopic (exact) mass is 312 g/mol. The fourth-order valence-corrected chi connectivity index (χ4v) is 4.68. The summed E-state index contributed by atoms with van der Waals surface area (Å²) >= 11 is 0. The minimum atomic E-state index is -3.57. The average Bonchev–Trinajstić information content (AvgIpc) is 2.44. The number of hydrogen-bond donors (Lipinski definition) is 1. The van der Waals surface area contributed by atoms with Crippen LogP contribution in [-0.4, -0.2) is 38.5 Å². The van der Waals surface area contributed by atoms with E-state index < -0.39 is 10.0 Å². The Bertz CT molecular complexity index is 612. The number of hydrogen-bond acceptors (Lipinski definition) is 4. The molecular weight excluding hydrogens is 288 g/mol. The lowest BCUT2D eigenvalue weighted by atomic mass is 10.1. The van der Waals surface area contributed by atoms with E-state index in [4.69, 9.17) is 10.5 Å². The molecule has 1 aromatic rings. The molecule has 2 N–H and O–H groups in total. The van der Waals surface area contributed by atoms with Crippen LogP contribution >= 0.6 is 0 Å². The molecule has 0 radical (unpaired) electrons. The van der Waals surface area contributed by atoms with Crippen molar-refractivity contribution in [3.63, 3.8) is 0 Å². The maximum atomic E-state index is 12.9. The van der Waals surface area contributed by atoms with Crippen LogP contribution in [0, 0.1) is 13.8 Å². The third-order valence-electron chi connectivity index (χ3n) is 4.05. The second-order valence-electron chi connectivity index (χ2n) is 5.51. The Balaban J connectivity index is 2.36. The van der Waals surface area contributed by atoms with Gasteiger partial charge in [-0.3, -0.25) is 0 Å². The number of sulfonamides is 1. The predicted octanol–water partition coefficient (Wildman–Crippen LogP) is 2.08. The van der Waals surface area contributed by atoms with Gasteiger partial charge in [0.25, 0.3) is 0 Å². The van der Waals surface area contributed by atoms with E-state index in [1.807, 2.05) is 26.8 Å². The molecule has 1 aliphatic rings. The van der Waals surface area contributed by atoms with Crippen molar-refractivity contribution in [1.29, 1.82) is 0 Å². The fourth-order valence-electron chi connectivity index (χ4n) is 2.78. The van der Waals surface area contributed by atoms with Crippen molar-refractivity contribution in [1.82, 2.24) is 4.31 Å². The van der Waals surface area contributed by atoms with Crippen LogP contribution in [0.5, 0.6) is 0 Å². The normalized spacial score (nSPS) is 20.6. The number of nitrogens with two attached hydrogens (primary N) is 1. The molecule has 5 nitrogen and oxygen atoms in total. The van der Waals surface area contributed by atoms with Gasteiger partial charge in [0, 0.05) is 19.7 Å². The standard InChI is InChI=1S/C15H24N2O3S/c1-4-20-13-6-5-9-17(10-13)21(18,19)15-12(3)11(2)7-8-14(15)16/h7-8,13H,4-6,9-10,16H2,1-3H3. The van der Waals surface area contributed by atoms with Gasteiger partial charge in [-0.1, -0.05) is 6.07 Å². The number of nitrogens with zero attached hydrogens (tertiary/aromatic N) is 1. The van der Waals surface area contributed by atoms with Crippen molar-refractivity contribution in [3.05, 3.63) is 23.3 Å². The molecule has 21 heavy (non-hydrogen) atoms. The molecule has 1 heterocycles. The molecule has 1 aliphatic heterocycles. The fraction of sp³-hybridized carbons (Fsp3) is 0.600. The molecule has 2 rings (SSSR count). The highest BCUT2D eigenvalue weighted by molar-refractivity contribution is 7.89. The quantitative estimate of drug-likeness (QED) is 0.864. The largest absolute Gasteiger partial charge is 0.398 e. The zero-order valence-corrected chi connectivity index (χ0v) is 13.7. The minimum Gasteiger partial charge on any atom is -0.398 e. The second kappa shape index (κ2) is 6.34. The van der Waals surface area contributed by atoms with Crippen molar-refractivity contribution in [2.75, 3.05) is 25.4 Å². The lowest BCUT2D eigenvalue weighted by molar-refractivity contribution is 0.0265. The summed E-state index contributed by atoms with van der Waals surface area (Å²) < 4.78 is 32.9. The zero-order chi connectivity index (χ0) is 15.6. The van der Waals surface area contributed by atoms with E-state index in [-0.39, 0.29) is 11.0 Å². The predicted molar refractivity (Wildman–Crippen MR) is 83.7 cm³/mol. The van der Waals surface area contributed by atoms with Gasteiger partial charge in [0.1, 0.15) is 4.90 Å². The van der Waals surface area contributed by atoms with Crippen molar-refractivity contribution >= 4 is 15.7 Å². The molecule has 0 aromatic heterocycles. The third-order valence-corrected chi connectivity index (χ3v) is 6.12. The number of piperidine rings is 1. The molecule has 0 saturated carbocycles. The van der Waals surface area contributed by atoms with Gasteiger partial charge in [0.15, 0.2) is 0 Å². The van der Waals surface area contributed by atoms with Crippen LogP contribution in [-0.2, 0) is 14.8 Å². The van der Waals surface area contributed by atoms with E-state index in [2.05, 4.69) is 0 Å². The van der Waals surface area contributed by atoms with Crippen molar-refractivity contribution in [3.8, 4) is 0 Å². The zero-order valence-electron chi connectivity index (χ0n) is 12.9. The summed E-state index contributed by atoms with van der Waals surface area (Å²) in [6.45, 7) is 7.16. The Kier molecular flexibility index (Phi) is 4.91. The van der Waals surface area contributed by atoms with E-state index in [9.17, 15) is 8.42 Å². The molecule has 0 bridgehead atoms. The van der Waals surface area contributed by atoms with E-state index >= 15 is 0 Å². The van der Waals surface area contributed by atoms with Crippen molar-refractivity contribution in [2.45, 2.75) is 44.6 Å². The molecule has 1 saturated heterocycles. The van der Waals surface area contributed by atoms with Gasteiger partial charge in [-0.05, 0) is 50.8 Å². The van der Waals surface area contributed by atoms with E-state index in [0.29, 0.717) is 25.4 Å². The first-order valence-corrected chi connectivity index (χ1v) is 8.79. The lowest BCUT2D eigenvalue weighted by Crippen LogP contribution is -2.43. The molecular formula is C15H24N2O3S. The Morgan fingerprint density at radius 2 is 2.10 bits per heavy atom. The summed E-state index contributed by atoms with van der Waals surface area (Å²) in [5.74, 6) is 0. The van der Waals surface area contributed by atoms with Gasteiger partial charge in [-0.25, -0.2) is 8.42 Å². The summed E-state index contributed by atoms with van der Waals surface area (Å²) in [5.41, 5.74) is 7.92.